The maximum Gasteiger partial charge on any atom is 0.264 e. The smallest absolute Gasteiger partial charge is 0.264 e. The molecule has 1 saturated heterocycles. The minimum atomic E-state index is -0.753. The van der Waals surface area contributed by atoms with Crippen molar-refractivity contribution < 1.29 is 13.9 Å². The Bertz CT molecular complexity index is 1550. The summed E-state index contributed by atoms with van der Waals surface area (Å²) in [5, 5.41) is 4.91. The molecule has 0 atom stereocenters. The molecule has 0 bridgehead atoms. The fraction of sp³-hybridized carbons (Fsp3) is 0.0769. The van der Waals surface area contributed by atoms with Crippen molar-refractivity contribution in [1.82, 2.24) is 15.3 Å². The molecule has 3 aromatic carbocycles. The number of nitrogens with one attached hydrogen (secondary N) is 1. The van der Waals surface area contributed by atoms with Gasteiger partial charge in [-0.25, -0.2) is 9.98 Å². The number of fused-ring (bicyclic) bond motifs is 1. The number of halogens is 2. The first-order valence-electron chi connectivity index (χ1n) is 10.6. The van der Waals surface area contributed by atoms with E-state index in [0.717, 1.165) is 33.8 Å². The maximum atomic E-state index is 14.3. The molecule has 4 aromatic rings. The van der Waals surface area contributed by atoms with Crippen LogP contribution in [0, 0.1) is 19.7 Å². The number of hydrogen-bond donors (Lipinski definition) is 1. The molecule has 9 heteroatoms. The van der Waals surface area contributed by atoms with E-state index in [2.05, 4.69) is 20.3 Å². The lowest BCUT2D eigenvalue weighted by molar-refractivity contribution is -0.115. The highest BCUT2D eigenvalue weighted by molar-refractivity contribution is 8.18. The number of ether oxygens (including phenoxy) is 1. The number of carbonyl (C=O) groups excluding carboxylic acids is 1. The Morgan fingerprint density at radius 3 is 2.80 bits per heavy atom. The van der Waals surface area contributed by atoms with Gasteiger partial charge in [0.1, 0.15) is 5.75 Å². The third-order valence-electron chi connectivity index (χ3n) is 5.32. The van der Waals surface area contributed by atoms with Gasteiger partial charge in [-0.15, -0.1) is 0 Å². The van der Waals surface area contributed by atoms with Crippen LogP contribution in [-0.2, 0) is 4.79 Å². The van der Waals surface area contributed by atoms with Crippen molar-refractivity contribution in [2.75, 3.05) is 0 Å². The van der Waals surface area contributed by atoms with Gasteiger partial charge < -0.3 is 10.1 Å². The molecule has 0 saturated carbocycles. The number of aromatic nitrogens is 2. The van der Waals surface area contributed by atoms with E-state index >= 15 is 0 Å². The molecule has 2 heterocycles. The zero-order chi connectivity index (χ0) is 24.5. The van der Waals surface area contributed by atoms with Crippen LogP contribution in [0.4, 0.5) is 10.1 Å². The average Bonchev–Trinajstić information content (AvgIpc) is 3.18. The summed E-state index contributed by atoms with van der Waals surface area (Å²) >= 11 is 7.05. The monoisotopic (exact) mass is 504 g/mol. The number of thioether (sulfide) groups is 1. The van der Waals surface area contributed by atoms with E-state index in [1.54, 1.807) is 12.1 Å². The van der Waals surface area contributed by atoms with Crippen LogP contribution in [-0.4, -0.2) is 21.0 Å². The summed E-state index contributed by atoms with van der Waals surface area (Å²) in [5.41, 5.74) is 3.53. The van der Waals surface area contributed by atoms with E-state index in [0.29, 0.717) is 21.4 Å². The predicted octanol–water partition coefficient (Wildman–Crippen LogP) is 6.72. The summed E-state index contributed by atoms with van der Waals surface area (Å²) in [6.45, 7) is 3.99. The molecule has 1 amide bonds. The maximum absolute atomic E-state index is 14.3. The Kier molecular flexibility index (Phi) is 6.23. The van der Waals surface area contributed by atoms with Gasteiger partial charge in [0, 0.05) is 5.56 Å². The average molecular weight is 505 g/mol. The van der Waals surface area contributed by atoms with Gasteiger partial charge in [-0.05, 0) is 71.8 Å². The molecular weight excluding hydrogens is 487 g/mol. The number of amidine groups is 1. The molecule has 6 nitrogen and oxygen atoms in total. The lowest BCUT2D eigenvalue weighted by Crippen LogP contribution is -2.19. The van der Waals surface area contributed by atoms with Crippen molar-refractivity contribution in [2.45, 2.75) is 13.8 Å². The van der Waals surface area contributed by atoms with Crippen molar-refractivity contribution in [3.05, 3.63) is 93.5 Å². The van der Waals surface area contributed by atoms with Gasteiger partial charge in [-0.1, -0.05) is 48.0 Å². The van der Waals surface area contributed by atoms with E-state index in [4.69, 9.17) is 16.3 Å². The van der Waals surface area contributed by atoms with Crippen LogP contribution in [0.1, 0.15) is 16.7 Å². The zero-order valence-electron chi connectivity index (χ0n) is 18.7. The fourth-order valence-electron chi connectivity index (χ4n) is 3.67. The molecule has 5 rings (SSSR count). The fourth-order valence-corrected chi connectivity index (χ4v) is 4.61. The molecule has 1 aromatic heterocycles. The minimum Gasteiger partial charge on any atom is -0.436 e. The molecule has 1 N–H and O–H groups in total. The van der Waals surface area contributed by atoms with Gasteiger partial charge in [0.15, 0.2) is 5.17 Å². The zero-order valence-corrected chi connectivity index (χ0v) is 20.2. The number of aryl methyl sites for hydroxylation is 2. The van der Waals surface area contributed by atoms with Crippen molar-refractivity contribution in [3.63, 3.8) is 0 Å². The Balaban J connectivity index is 1.56. The molecular formula is C26H18ClFN4O2S. The first-order chi connectivity index (χ1) is 16.9. The second-order valence-corrected chi connectivity index (χ2v) is 9.23. The minimum absolute atomic E-state index is 0.139. The van der Waals surface area contributed by atoms with Crippen LogP contribution in [0.2, 0.25) is 5.28 Å². The van der Waals surface area contributed by atoms with Crippen molar-refractivity contribution >= 4 is 57.0 Å². The van der Waals surface area contributed by atoms with E-state index in [9.17, 15) is 9.18 Å². The Hall–Kier alpha value is -3.75. The van der Waals surface area contributed by atoms with Gasteiger partial charge in [-0.2, -0.15) is 9.37 Å². The molecule has 0 spiro atoms. The van der Waals surface area contributed by atoms with Crippen molar-refractivity contribution in [2.24, 2.45) is 4.99 Å². The summed E-state index contributed by atoms with van der Waals surface area (Å²) in [7, 11) is 0. The van der Waals surface area contributed by atoms with E-state index < -0.39 is 5.82 Å². The third-order valence-corrected chi connectivity index (χ3v) is 6.41. The van der Waals surface area contributed by atoms with Gasteiger partial charge >= 0.3 is 0 Å². The van der Waals surface area contributed by atoms with Crippen LogP contribution in [0.5, 0.6) is 11.6 Å². The summed E-state index contributed by atoms with van der Waals surface area (Å²) < 4.78 is 20.1. The van der Waals surface area contributed by atoms with Crippen LogP contribution < -0.4 is 10.1 Å². The number of carbonyl (C=O) groups is 1. The molecule has 35 heavy (non-hydrogen) atoms. The predicted molar refractivity (Wildman–Crippen MR) is 138 cm³/mol. The first kappa shape index (κ1) is 23.0. The SMILES string of the molecule is Cc1ccc(N=C2NC(=O)/C(=C/c3c(Oc4nc(Cl)ncc4F)ccc4ccccc34)S2)c(C)c1. The molecule has 1 fully saturated rings. The van der Waals surface area contributed by atoms with Gasteiger partial charge in [0.25, 0.3) is 11.8 Å². The molecule has 0 unspecified atom stereocenters. The van der Waals surface area contributed by atoms with Crippen molar-refractivity contribution in [1.29, 1.82) is 0 Å². The number of aliphatic imine (C=N–C) groups is 1. The van der Waals surface area contributed by atoms with Gasteiger partial charge in [0.05, 0.1) is 16.8 Å². The van der Waals surface area contributed by atoms with Gasteiger partial charge in [0.2, 0.25) is 11.1 Å². The van der Waals surface area contributed by atoms with Crippen LogP contribution in [0.25, 0.3) is 16.8 Å². The highest BCUT2D eigenvalue weighted by atomic mass is 35.5. The summed E-state index contributed by atoms with van der Waals surface area (Å²) in [5.74, 6) is -1.02. The number of amides is 1. The number of rotatable bonds is 4. The van der Waals surface area contributed by atoms with E-state index in [1.807, 2.05) is 62.4 Å². The first-order valence-corrected chi connectivity index (χ1v) is 11.8. The highest BCUT2D eigenvalue weighted by Crippen LogP contribution is 2.37. The second-order valence-electron chi connectivity index (χ2n) is 7.86. The highest BCUT2D eigenvalue weighted by Gasteiger charge is 2.25. The second kappa shape index (κ2) is 9.48. The molecule has 174 valence electrons. The van der Waals surface area contributed by atoms with Crippen LogP contribution in [0.15, 0.2) is 70.7 Å². The quantitative estimate of drug-likeness (QED) is 0.246. The van der Waals surface area contributed by atoms with Crippen LogP contribution >= 0.6 is 23.4 Å². The van der Waals surface area contributed by atoms with Crippen molar-refractivity contribution in [3.8, 4) is 11.6 Å². The Morgan fingerprint density at radius 2 is 1.97 bits per heavy atom. The number of nitrogens with zero attached hydrogens (tertiary/aromatic N) is 3. The molecule has 1 aliphatic heterocycles. The topological polar surface area (TPSA) is 76.5 Å². The normalized spacial score (nSPS) is 15.7. The Morgan fingerprint density at radius 1 is 1.14 bits per heavy atom. The third kappa shape index (κ3) is 4.89. The number of hydrogen-bond acceptors (Lipinski definition) is 6. The van der Waals surface area contributed by atoms with Crippen LogP contribution in [0.3, 0.4) is 0 Å². The van der Waals surface area contributed by atoms with E-state index in [-0.39, 0.29) is 17.1 Å². The summed E-state index contributed by atoms with van der Waals surface area (Å²) in [4.78, 5) is 25.3. The largest absolute Gasteiger partial charge is 0.436 e. The molecule has 0 radical (unpaired) electrons. The lowest BCUT2D eigenvalue weighted by Gasteiger charge is -2.12. The molecule has 0 aliphatic carbocycles. The summed E-state index contributed by atoms with van der Waals surface area (Å²) in [6.07, 6.45) is 2.66. The Labute approximate surface area is 209 Å². The lowest BCUT2D eigenvalue weighted by atomic mass is 10.0. The molecule has 1 aliphatic rings. The standard InChI is InChI=1S/C26H18ClFN4O2S/c1-14-7-9-20(15(2)11-14)30-26-31-23(33)22(35-26)12-18-17-6-4-3-5-16(17)8-10-21(18)34-24-19(28)13-29-25(27)32-24/h3-13H,1-2H3,(H,30,31,33)/b22-12-. The van der Waals surface area contributed by atoms with E-state index in [1.165, 1.54) is 11.8 Å². The summed E-state index contributed by atoms with van der Waals surface area (Å²) in [6, 6.07) is 17.1. The van der Waals surface area contributed by atoms with Gasteiger partial charge in [-0.3, -0.25) is 4.79 Å². The number of benzene rings is 3.